The molecule has 0 aromatic heterocycles. The minimum atomic E-state index is -0.806. The molecule has 0 bridgehead atoms. The summed E-state index contributed by atoms with van der Waals surface area (Å²) in [5.41, 5.74) is 1.71. The van der Waals surface area contributed by atoms with Gasteiger partial charge in [-0.05, 0) is 70.2 Å². The molecule has 0 spiro atoms. The lowest BCUT2D eigenvalue weighted by atomic mass is 9.90. The Labute approximate surface area is 201 Å². The molecule has 10 heteroatoms. The number of nitrogens with one attached hydrogen (secondary N) is 1. The zero-order valence-corrected chi connectivity index (χ0v) is 21.1. The Morgan fingerprint density at radius 3 is 2.56 bits per heavy atom. The molecule has 192 valence electrons. The predicted octanol–water partition coefficient (Wildman–Crippen LogP) is 2.79. The molecule has 1 aliphatic rings. The molecular weight excluding hydrogens is 442 g/mol. The quantitative estimate of drug-likeness (QED) is 0.324. The van der Waals surface area contributed by atoms with Crippen LogP contribution < -0.4 is 10.1 Å². The van der Waals surface area contributed by atoms with Crippen LogP contribution in [-0.4, -0.2) is 69.6 Å². The lowest BCUT2D eigenvalue weighted by molar-refractivity contribution is -0.770. The van der Waals surface area contributed by atoms with Gasteiger partial charge in [-0.1, -0.05) is 12.8 Å². The number of phenolic OH excluding ortho intramolecular Hbond substituents is 1. The molecule has 10 nitrogen and oxygen atoms in total. The first-order chi connectivity index (χ1) is 15.8. The number of benzene rings is 1. The van der Waals surface area contributed by atoms with Gasteiger partial charge in [-0.15, -0.1) is 10.1 Å². The lowest BCUT2D eigenvalue weighted by Crippen LogP contribution is -2.58. The van der Waals surface area contributed by atoms with Crippen LogP contribution in [0.1, 0.15) is 63.1 Å². The third-order valence-corrected chi connectivity index (χ3v) is 6.52. The van der Waals surface area contributed by atoms with E-state index in [4.69, 9.17) is 9.57 Å². The molecule has 1 aromatic rings. The normalized spacial score (nSPS) is 19.4. The summed E-state index contributed by atoms with van der Waals surface area (Å²) in [4.78, 5) is 29.9. The summed E-state index contributed by atoms with van der Waals surface area (Å²) >= 11 is 0. The van der Waals surface area contributed by atoms with Crippen molar-refractivity contribution < 1.29 is 29.7 Å². The highest BCUT2D eigenvalue weighted by molar-refractivity contribution is 5.73. The van der Waals surface area contributed by atoms with Crippen LogP contribution in [0.15, 0.2) is 6.07 Å². The van der Waals surface area contributed by atoms with Crippen molar-refractivity contribution in [1.29, 1.82) is 0 Å². The second-order valence-corrected chi connectivity index (χ2v) is 9.89. The molecule has 1 fully saturated rings. The molecule has 1 amide bonds. The first-order valence-corrected chi connectivity index (χ1v) is 11.8. The fourth-order valence-corrected chi connectivity index (χ4v) is 4.43. The number of aromatic hydroxyl groups is 1. The van der Waals surface area contributed by atoms with Gasteiger partial charge in [-0.2, -0.15) is 0 Å². The van der Waals surface area contributed by atoms with Crippen molar-refractivity contribution in [1.82, 2.24) is 10.2 Å². The van der Waals surface area contributed by atoms with Gasteiger partial charge in [0.2, 0.25) is 5.91 Å². The first-order valence-electron chi connectivity index (χ1n) is 11.8. The Morgan fingerprint density at radius 1 is 1.29 bits per heavy atom. The Bertz CT molecular complexity index is 875. The lowest BCUT2D eigenvalue weighted by Gasteiger charge is -2.42. The van der Waals surface area contributed by atoms with E-state index in [1.807, 2.05) is 27.7 Å². The van der Waals surface area contributed by atoms with Crippen molar-refractivity contribution in [3.8, 4) is 11.5 Å². The van der Waals surface area contributed by atoms with Gasteiger partial charge in [0.1, 0.15) is 30.3 Å². The van der Waals surface area contributed by atoms with E-state index >= 15 is 0 Å². The standard InChI is InChI=1S/C24H39N3O7/c1-15-11-22(16(2)17(3)23(15)30)33-13-19(29)12-25-24(5,6)14-26(18(4)28)20-9-7-8-10-21(20)34-27(31)32/h11,19-21,25,29-30H,7-10,12-14H2,1-6H3. The zero-order chi connectivity index (χ0) is 25.6. The maximum atomic E-state index is 12.4. The van der Waals surface area contributed by atoms with E-state index in [2.05, 4.69) is 5.32 Å². The maximum Gasteiger partial charge on any atom is 0.294 e. The molecule has 3 atom stereocenters. The number of β-amino-alcohol motifs (C(OH)–C–C–N with tert-alkyl or cyclic N) is 1. The van der Waals surface area contributed by atoms with Crippen LogP contribution in [0.2, 0.25) is 0 Å². The molecule has 34 heavy (non-hydrogen) atoms. The molecule has 0 aliphatic heterocycles. The number of aliphatic hydroxyl groups excluding tert-OH is 1. The van der Waals surface area contributed by atoms with Crippen LogP contribution in [-0.2, 0) is 9.63 Å². The van der Waals surface area contributed by atoms with Crippen molar-refractivity contribution in [2.24, 2.45) is 0 Å². The molecule has 0 heterocycles. The Morgan fingerprint density at radius 2 is 1.94 bits per heavy atom. The van der Waals surface area contributed by atoms with Crippen LogP contribution in [0.4, 0.5) is 0 Å². The van der Waals surface area contributed by atoms with Crippen molar-refractivity contribution in [2.75, 3.05) is 19.7 Å². The summed E-state index contributed by atoms with van der Waals surface area (Å²) < 4.78 is 5.80. The first kappa shape index (κ1) is 27.7. The molecule has 1 aromatic carbocycles. The van der Waals surface area contributed by atoms with Gasteiger partial charge in [0, 0.05) is 25.6 Å². The SMILES string of the molecule is CC(=O)N(CC(C)(C)NCC(O)COc1cc(C)c(O)c(C)c1C)C1CCCCC1O[N+](=O)[O-]. The number of aryl methyl sites for hydroxylation is 1. The van der Waals surface area contributed by atoms with Gasteiger partial charge in [0.15, 0.2) is 0 Å². The topological polar surface area (TPSA) is 134 Å². The molecule has 0 radical (unpaired) electrons. The van der Waals surface area contributed by atoms with E-state index in [9.17, 15) is 25.1 Å². The third kappa shape index (κ3) is 7.46. The van der Waals surface area contributed by atoms with Gasteiger partial charge >= 0.3 is 0 Å². The van der Waals surface area contributed by atoms with E-state index in [1.54, 1.807) is 17.9 Å². The maximum absolute atomic E-state index is 12.4. The molecular formula is C24H39N3O7. The highest BCUT2D eigenvalue weighted by Crippen LogP contribution is 2.32. The van der Waals surface area contributed by atoms with Crippen molar-refractivity contribution in [3.05, 3.63) is 32.9 Å². The van der Waals surface area contributed by atoms with Crippen LogP contribution in [0, 0.1) is 30.9 Å². The second kappa shape index (κ2) is 11.7. The molecule has 3 unspecified atom stereocenters. The molecule has 1 saturated carbocycles. The third-order valence-electron chi connectivity index (χ3n) is 6.52. The number of amides is 1. The number of nitrogens with zero attached hydrogens (tertiary/aromatic N) is 2. The van der Waals surface area contributed by atoms with Crippen molar-refractivity contribution in [3.63, 3.8) is 0 Å². The number of phenols is 1. The fourth-order valence-electron chi connectivity index (χ4n) is 4.43. The van der Waals surface area contributed by atoms with Gasteiger partial charge in [-0.25, -0.2) is 0 Å². The average Bonchev–Trinajstić information content (AvgIpc) is 2.76. The molecule has 3 N–H and O–H groups in total. The highest BCUT2D eigenvalue weighted by atomic mass is 17.0. The minimum Gasteiger partial charge on any atom is -0.507 e. The van der Waals surface area contributed by atoms with Crippen molar-refractivity contribution in [2.45, 2.75) is 91.0 Å². The number of aliphatic hydroxyl groups is 1. The number of hydrogen-bond acceptors (Lipinski definition) is 8. The summed E-state index contributed by atoms with van der Waals surface area (Å²) in [6, 6.07) is 1.38. The predicted molar refractivity (Wildman–Crippen MR) is 127 cm³/mol. The van der Waals surface area contributed by atoms with Crippen molar-refractivity contribution >= 4 is 5.91 Å². The van der Waals surface area contributed by atoms with E-state index in [1.165, 1.54) is 6.92 Å². The Balaban J connectivity index is 1.96. The highest BCUT2D eigenvalue weighted by Gasteiger charge is 2.36. The number of rotatable bonds is 11. The van der Waals surface area contributed by atoms with E-state index in [0.29, 0.717) is 30.7 Å². The van der Waals surface area contributed by atoms with Crippen LogP contribution in [0.25, 0.3) is 0 Å². The van der Waals surface area contributed by atoms with E-state index in [0.717, 1.165) is 24.0 Å². The molecule has 0 saturated heterocycles. The van der Waals surface area contributed by atoms with Gasteiger partial charge in [0.25, 0.3) is 5.09 Å². The number of carbonyl (C=O) groups is 1. The van der Waals surface area contributed by atoms with Crippen LogP contribution >= 0.6 is 0 Å². The van der Waals surface area contributed by atoms with Gasteiger partial charge in [-0.3, -0.25) is 4.79 Å². The number of carbonyl (C=O) groups excluding carboxylic acids is 1. The fraction of sp³-hybridized carbons (Fsp3) is 0.708. The summed E-state index contributed by atoms with van der Waals surface area (Å²) in [5.74, 6) is 0.687. The van der Waals surface area contributed by atoms with Gasteiger partial charge < -0.3 is 30.0 Å². The summed E-state index contributed by atoms with van der Waals surface area (Å²) in [5, 5.41) is 33.9. The van der Waals surface area contributed by atoms with Crippen LogP contribution in [0.3, 0.4) is 0 Å². The largest absolute Gasteiger partial charge is 0.507 e. The average molecular weight is 482 g/mol. The Hall–Kier alpha value is -2.59. The van der Waals surface area contributed by atoms with Crippen LogP contribution in [0.5, 0.6) is 11.5 Å². The molecule has 2 rings (SSSR count). The second-order valence-electron chi connectivity index (χ2n) is 9.89. The van der Waals surface area contributed by atoms with E-state index in [-0.39, 0.29) is 30.9 Å². The number of ether oxygens (including phenoxy) is 1. The minimum absolute atomic E-state index is 0.0609. The monoisotopic (exact) mass is 481 g/mol. The number of hydrogen-bond donors (Lipinski definition) is 3. The summed E-state index contributed by atoms with van der Waals surface area (Å²) in [6.07, 6.45) is 1.45. The smallest absolute Gasteiger partial charge is 0.294 e. The summed E-state index contributed by atoms with van der Waals surface area (Å²) in [6.45, 7) is 11.4. The Kier molecular flexibility index (Phi) is 9.52. The van der Waals surface area contributed by atoms with E-state index < -0.39 is 22.8 Å². The zero-order valence-electron chi connectivity index (χ0n) is 21.1. The molecule has 1 aliphatic carbocycles. The van der Waals surface area contributed by atoms with Gasteiger partial charge in [0.05, 0.1) is 6.04 Å². The summed E-state index contributed by atoms with van der Waals surface area (Å²) in [7, 11) is 0.